The molecule has 0 unspecified atom stereocenters. The van der Waals surface area contributed by atoms with Crippen molar-refractivity contribution >= 4 is 17.4 Å². The quantitative estimate of drug-likeness (QED) is 0.744. The first kappa shape index (κ1) is 16.8. The van der Waals surface area contributed by atoms with Crippen LogP contribution in [-0.2, 0) is 6.54 Å². The summed E-state index contributed by atoms with van der Waals surface area (Å²) in [6, 6.07) is 13.1. The highest BCUT2D eigenvalue weighted by Crippen LogP contribution is 2.24. The SMILES string of the molecule is CCOc1ccccc1NC(=O)N(CC)Cc1cnc2ccccn12. The van der Waals surface area contributed by atoms with E-state index in [0.717, 1.165) is 11.3 Å². The van der Waals surface area contributed by atoms with Gasteiger partial charge in [-0.1, -0.05) is 18.2 Å². The highest BCUT2D eigenvalue weighted by atomic mass is 16.5. The summed E-state index contributed by atoms with van der Waals surface area (Å²) in [5.41, 5.74) is 2.51. The van der Waals surface area contributed by atoms with Gasteiger partial charge in [0.2, 0.25) is 0 Å². The van der Waals surface area contributed by atoms with Crippen molar-refractivity contribution in [1.29, 1.82) is 0 Å². The van der Waals surface area contributed by atoms with Gasteiger partial charge in [0.1, 0.15) is 11.4 Å². The molecule has 1 N–H and O–H groups in total. The summed E-state index contributed by atoms with van der Waals surface area (Å²) in [6.45, 7) is 5.48. The molecule has 2 aromatic heterocycles. The van der Waals surface area contributed by atoms with Crippen molar-refractivity contribution in [3.63, 3.8) is 0 Å². The smallest absolute Gasteiger partial charge is 0.322 e. The number of carbonyl (C=O) groups excluding carboxylic acids is 1. The van der Waals surface area contributed by atoms with E-state index in [1.54, 1.807) is 11.1 Å². The number of nitrogens with one attached hydrogen (secondary N) is 1. The van der Waals surface area contributed by atoms with Crippen molar-refractivity contribution in [2.24, 2.45) is 0 Å². The van der Waals surface area contributed by atoms with Crippen LogP contribution in [0.5, 0.6) is 5.75 Å². The van der Waals surface area contributed by atoms with Crippen LogP contribution in [0.15, 0.2) is 54.9 Å². The minimum Gasteiger partial charge on any atom is -0.492 e. The average Bonchev–Trinajstić information content (AvgIpc) is 3.04. The standard InChI is InChI=1S/C19H22N4O2/c1-3-22(14-15-13-20-18-11-7-8-12-23(15)18)19(24)21-16-9-5-6-10-17(16)25-4-2/h5-13H,3-4,14H2,1-2H3,(H,21,24). The molecule has 0 aliphatic heterocycles. The number of para-hydroxylation sites is 2. The second-order valence-electron chi connectivity index (χ2n) is 5.55. The fraction of sp³-hybridized carbons (Fsp3) is 0.263. The summed E-state index contributed by atoms with van der Waals surface area (Å²) in [4.78, 5) is 18.8. The van der Waals surface area contributed by atoms with Crippen molar-refractivity contribution in [1.82, 2.24) is 14.3 Å². The predicted molar refractivity (Wildman–Crippen MR) is 97.9 cm³/mol. The van der Waals surface area contributed by atoms with E-state index < -0.39 is 0 Å². The van der Waals surface area contributed by atoms with Crippen LogP contribution < -0.4 is 10.1 Å². The number of imidazole rings is 1. The molecule has 130 valence electrons. The number of fused-ring (bicyclic) bond motifs is 1. The van der Waals surface area contributed by atoms with Crippen LogP contribution in [0, 0.1) is 0 Å². The topological polar surface area (TPSA) is 58.9 Å². The van der Waals surface area contributed by atoms with Crippen molar-refractivity contribution in [3.8, 4) is 5.75 Å². The number of hydrogen-bond donors (Lipinski definition) is 1. The van der Waals surface area contributed by atoms with Crippen LogP contribution in [0.4, 0.5) is 10.5 Å². The predicted octanol–water partition coefficient (Wildman–Crippen LogP) is 3.79. The van der Waals surface area contributed by atoms with Gasteiger partial charge in [-0.3, -0.25) is 0 Å². The minimum atomic E-state index is -0.166. The summed E-state index contributed by atoms with van der Waals surface area (Å²) < 4.78 is 7.56. The highest BCUT2D eigenvalue weighted by molar-refractivity contribution is 5.90. The number of pyridine rings is 1. The molecule has 2 amide bonds. The van der Waals surface area contributed by atoms with E-state index in [9.17, 15) is 4.79 Å². The van der Waals surface area contributed by atoms with E-state index in [2.05, 4.69) is 10.3 Å². The number of benzene rings is 1. The zero-order chi connectivity index (χ0) is 17.6. The first-order chi connectivity index (χ1) is 12.2. The molecule has 25 heavy (non-hydrogen) atoms. The molecule has 0 radical (unpaired) electrons. The van der Waals surface area contributed by atoms with Gasteiger partial charge in [-0.25, -0.2) is 9.78 Å². The molecule has 6 heteroatoms. The summed E-state index contributed by atoms with van der Waals surface area (Å²) >= 11 is 0. The number of amides is 2. The van der Waals surface area contributed by atoms with Crippen molar-refractivity contribution < 1.29 is 9.53 Å². The summed E-state index contributed by atoms with van der Waals surface area (Å²) in [5, 5.41) is 2.94. The van der Waals surface area contributed by atoms with Gasteiger partial charge < -0.3 is 19.4 Å². The molecular formula is C19H22N4O2. The summed E-state index contributed by atoms with van der Waals surface area (Å²) in [5.74, 6) is 0.671. The van der Waals surface area contributed by atoms with Gasteiger partial charge in [0.05, 0.1) is 30.7 Å². The molecule has 6 nitrogen and oxygen atoms in total. The van der Waals surface area contributed by atoms with E-state index in [1.165, 1.54) is 0 Å². The third-order valence-electron chi connectivity index (χ3n) is 3.94. The Kier molecular flexibility index (Phi) is 5.18. The van der Waals surface area contributed by atoms with Gasteiger partial charge >= 0.3 is 6.03 Å². The average molecular weight is 338 g/mol. The Morgan fingerprint density at radius 2 is 2.00 bits per heavy atom. The zero-order valence-electron chi connectivity index (χ0n) is 14.5. The molecular weight excluding hydrogens is 316 g/mol. The number of hydrogen-bond acceptors (Lipinski definition) is 3. The lowest BCUT2D eigenvalue weighted by molar-refractivity contribution is 0.211. The maximum Gasteiger partial charge on any atom is 0.322 e. The second-order valence-corrected chi connectivity index (χ2v) is 5.55. The summed E-state index contributed by atoms with van der Waals surface area (Å²) in [6.07, 6.45) is 3.76. The lowest BCUT2D eigenvalue weighted by Crippen LogP contribution is -2.34. The molecule has 2 heterocycles. The molecule has 3 aromatic rings. The van der Waals surface area contributed by atoms with Crippen LogP contribution >= 0.6 is 0 Å². The molecule has 0 spiro atoms. The second kappa shape index (κ2) is 7.70. The monoisotopic (exact) mass is 338 g/mol. The Bertz CT molecular complexity index is 859. The van der Waals surface area contributed by atoms with Crippen molar-refractivity contribution in [3.05, 3.63) is 60.6 Å². The first-order valence-electron chi connectivity index (χ1n) is 8.41. The van der Waals surface area contributed by atoms with E-state index in [-0.39, 0.29) is 6.03 Å². The van der Waals surface area contributed by atoms with Crippen molar-refractivity contribution in [2.75, 3.05) is 18.5 Å². The Balaban J connectivity index is 1.76. The third kappa shape index (κ3) is 3.74. The van der Waals surface area contributed by atoms with E-state index in [0.29, 0.717) is 31.1 Å². The number of ether oxygens (including phenoxy) is 1. The maximum absolute atomic E-state index is 12.7. The first-order valence-corrected chi connectivity index (χ1v) is 8.41. The van der Waals surface area contributed by atoms with Crippen LogP contribution in [0.25, 0.3) is 5.65 Å². The molecule has 3 rings (SSSR count). The number of aromatic nitrogens is 2. The van der Waals surface area contributed by atoms with Gasteiger partial charge in [0.15, 0.2) is 0 Å². The van der Waals surface area contributed by atoms with Crippen LogP contribution in [0.2, 0.25) is 0 Å². The van der Waals surface area contributed by atoms with Gasteiger partial charge in [0.25, 0.3) is 0 Å². The van der Waals surface area contributed by atoms with E-state index >= 15 is 0 Å². The fourth-order valence-corrected chi connectivity index (χ4v) is 2.67. The third-order valence-corrected chi connectivity index (χ3v) is 3.94. The van der Waals surface area contributed by atoms with Gasteiger partial charge in [0, 0.05) is 12.7 Å². The minimum absolute atomic E-state index is 0.166. The van der Waals surface area contributed by atoms with Gasteiger partial charge in [-0.05, 0) is 38.1 Å². The Labute approximate surface area is 147 Å². The fourth-order valence-electron chi connectivity index (χ4n) is 2.67. The number of anilines is 1. The summed E-state index contributed by atoms with van der Waals surface area (Å²) in [7, 11) is 0. The number of carbonyl (C=O) groups is 1. The van der Waals surface area contributed by atoms with Gasteiger partial charge in [-0.2, -0.15) is 0 Å². The van der Waals surface area contributed by atoms with Crippen molar-refractivity contribution in [2.45, 2.75) is 20.4 Å². The maximum atomic E-state index is 12.7. The Morgan fingerprint density at radius 1 is 1.20 bits per heavy atom. The van der Waals surface area contributed by atoms with Crippen LogP contribution in [0.1, 0.15) is 19.5 Å². The van der Waals surface area contributed by atoms with Crippen LogP contribution in [0.3, 0.4) is 0 Å². The molecule has 1 aromatic carbocycles. The number of rotatable bonds is 6. The Hall–Kier alpha value is -3.02. The van der Waals surface area contributed by atoms with Crippen LogP contribution in [-0.4, -0.2) is 33.5 Å². The lowest BCUT2D eigenvalue weighted by Gasteiger charge is -2.22. The largest absolute Gasteiger partial charge is 0.492 e. The molecule has 0 atom stereocenters. The normalized spacial score (nSPS) is 10.6. The number of urea groups is 1. The molecule has 0 fully saturated rings. The molecule has 0 aliphatic carbocycles. The molecule has 0 bridgehead atoms. The molecule has 0 saturated carbocycles. The molecule has 0 saturated heterocycles. The van der Waals surface area contributed by atoms with Gasteiger partial charge in [-0.15, -0.1) is 0 Å². The number of nitrogens with zero attached hydrogens (tertiary/aromatic N) is 3. The lowest BCUT2D eigenvalue weighted by atomic mass is 10.3. The Morgan fingerprint density at radius 3 is 2.80 bits per heavy atom. The van der Waals surface area contributed by atoms with E-state index in [1.807, 2.05) is 66.9 Å². The molecule has 0 aliphatic rings. The zero-order valence-corrected chi connectivity index (χ0v) is 14.5. The van der Waals surface area contributed by atoms with E-state index in [4.69, 9.17) is 4.74 Å². The highest BCUT2D eigenvalue weighted by Gasteiger charge is 2.16.